The largest absolute Gasteiger partial charge is 0.373 e. The first-order valence-corrected chi connectivity index (χ1v) is 8.43. The van der Waals surface area contributed by atoms with Gasteiger partial charge in [-0.3, -0.25) is 4.98 Å². The minimum Gasteiger partial charge on any atom is -0.373 e. The molecule has 4 nitrogen and oxygen atoms in total. The number of benzene rings is 2. The molecule has 1 N–H and O–H groups in total. The van der Waals surface area contributed by atoms with E-state index in [0.29, 0.717) is 39.3 Å². The first-order valence-electron chi connectivity index (χ1n) is 8.43. The molecule has 0 aliphatic heterocycles. The number of halogens is 2. The van der Waals surface area contributed by atoms with Crippen LogP contribution in [0.15, 0.2) is 54.9 Å². The molecule has 6 heteroatoms. The van der Waals surface area contributed by atoms with Gasteiger partial charge in [-0.25, -0.2) is 18.7 Å². The van der Waals surface area contributed by atoms with Crippen molar-refractivity contribution in [3.63, 3.8) is 0 Å². The lowest BCUT2D eigenvalue weighted by atomic mass is 10.0. The lowest BCUT2D eigenvalue weighted by Crippen LogP contribution is -2.01. The molecule has 0 atom stereocenters. The minimum atomic E-state index is -0.535. The third-order valence-corrected chi connectivity index (χ3v) is 4.41. The Morgan fingerprint density at radius 1 is 0.963 bits per heavy atom. The predicted molar refractivity (Wildman–Crippen MR) is 102 cm³/mol. The van der Waals surface area contributed by atoms with Crippen LogP contribution in [0.2, 0.25) is 0 Å². The molecule has 2 heterocycles. The van der Waals surface area contributed by atoms with Gasteiger partial charge in [-0.1, -0.05) is 18.2 Å². The van der Waals surface area contributed by atoms with Crippen LogP contribution < -0.4 is 5.32 Å². The molecule has 4 rings (SSSR count). The number of anilines is 1. The fourth-order valence-corrected chi connectivity index (χ4v) is 3.03. The van der Waals surface area contributed by atoms with Gasteiger partial charge in [-0.05, 0) is 42.3 Å². The number of hydrogen-bond acceptors (Lipinski definition) is 4. The third-order valence-electron chi connectivity index (χ3n) is 4.41. The number of pyridine rings is 1. The summed E-state index contributed by atoms with van der Waals surface area (Å²) < 4.78 is 29.4. The lowest BCUT2D eigenvalue weighted by molar-refractivity contribution is 0.621. The zero-order valence-corrected chi connectivity index (χ0v) is 14.8. The topological polar surface area (TPSA) is 50.7 Å². The van der Waals surface area contributed by atoms with Gasteiger partial charge >= 0.3 is 0 Å². The van der Waals surface area contributed by atoms with Crippen molar-refractivity contribution in [2.45, 2.75) is 6.92 Å². The molecule has 4 aromatic rings. The summed E-state index contributed by atoms with van der Waals surface area (Å²) in [6.07, 6.45) is 3.27. The van der Waals surface area contributed by atoms with Gasteiger partial charge in [0.05, 0.1) is 0 Å². The van der Waals surface area contributed by atoms with E-state index in [-0.39, 0.29) is 11.3 Å². The second-order valence-corrected chi connectivity index (χ2v) is 6.18. The summed E-state index contributed by atoms with van der Waals surface area (Å²) in [4.78, 5) is 12.9. The summed E-state index contributed by atoms with van der Waals surface area (Å²) in [5, 5.41) is 3.47. The quantitative estimate of drug-likeness (QED) is 0.558. The Hall–Kier alpha value is -3.41. The Labute approximate surface area is 154 Å². The van der Waals surface area contributed by atoms with Crippen molar-refractivity contribution >= 4 is 16.7 Å². The van der Waals surface area contributed by atoms with E-state index in [1.807, 2.05) is 6.07 Å². The van der Waals surface area contributed by atoms with Gasteiger partial charge in [-0.15, -0.1) is 0 Å². The van der Waals surface area contributed by atoms with Crippen LogP contribution in [0.1, 0.15) is 5.56 Å². The summed E-state index contributed by atoms with van der Waals surface area (Å²) in [6, 6.07) is 11.6. The van der Waals surface area contributed by atoms with Crippen molar-refractivity contribution in [1.29, 1.82) is 0 Å². The molecule has 0 unspecified atom stereocenters. The molecule has 0 saturated heterocycles. The van der Waals surface area contributed by atoms with Crippen molar-refractivity contribution in [2.24, 2.45) is 0 Å². The van der Waals surface area contributed by atoms with Crippen molar-refractivity contribution in [2.75, 3.05) is 12.4 Å². The molecule has 27 heavy (non-hydrogen) atoms. The Morgan fingerprint density at radius 2 is 1.81 bits per heavy atom. The van der Waals surface area contributed by atoms with Gasteiger partial charge in [0.25, 0.3) is 0 Å². The average Bonchev–Trinajstić information content (AvgIpc) is 2.70. The number of nitrogens with zero attached hydrogens (tertiary/aromatic N) is 3. The Balaban J connectivity index is 1.97. The average molecular weight is 362 g/mol. The van der Waals surface area contributed by atoms with Crippen LogP contribution >= 0.6 is 0 Å². The number of nitrogens with one attached hydrogen (secondary N) is 1. The predicted octanol–water partition coefficient (Wildman–Crippen LogP) is 4.99. The van der Waals surface area contributed by atoms with Crippen LogP contribution in [0.25, 0.3) is 33.4 Å². The first-order chi connectivity index (χ1) is 13.1. The van der Waals surface area contributed by atoms with E-state index >= 15 is 0 Å². The Kier molecular flexibility index (Phi) is 4.24. The second kappa shape index (κ2) is 6.72. The third kappa shape index (κ3) is 2.99. The van der Waals surface area contributed by atoms with Crippen LogP contribution in [-0.2, 0) is 0 Å². The molecule has 2 aromatic heterocycles. The highest BCUT2D eigenvalue weighted by Crippen LogP contribution is 2.33. The summed E-state index contributed by atoms with van der Waals surface area (Å²) in [7, 11) is 1.70. The number of hydrogen-bond donors (Lipinski definition) is 1. The van der Waals surface area contributed by atoms with Crippen LogP contribution in [0.3, 0.4) is 0 Å². The normalized spacial score (nSPS) is 11.0. The van der Waals surface area contributed by atoms with Crippen molar-refractivity contribution in [3.8, 4) is 22.5 Å². The van der Waals surface area contributed by atoms with Crippen molar-refractivity contribution in [1.82, 2.24) is 15.0 Å². The summed E-state index contributed by atoms with van der Waals surface area (Å²) >= 11 is 0. The van der Waals surface area contributed by atoms with Crippen LogP contribution in [0.4, 0.5) is 14.6 Å². The number of rotatable bonds is 3. The van der Waals surface area contributed by atoms with E-state index in [2.05, 4.69) is 20.3 Å². The molecule has 0 saturated carbocycles. The van der Waals surface area contributed by atoms with Gasteiger partial charge in [0.2, 0.25) is 0 Å². The van der Waals surface area contributed by atoms with E-state index in [0.717, 1.165) is 0 Å². The van der Waals surface area contributed by atoms with Crippen LogP contribution in [0, 0.1) is 18.6 Å². The maximum Gasteiger partial charge on any atom is 0.163 e. The highest BCUT2D eigenvalue weighted by atomic mass is 19.1. The van der Waals surface area contributed by atoms with Crippen molar-refractivity contribution < 1.29 is 8.78 Å². The molecule has 2 aromatic carbocycles. The highest BCUT2D eigenvalue weighted by molar-refractivity contribution is 5.94. The second-order valence-electron chi connectivity index (χ2n) is 6.18. The smallest absolute Gasteiger partial charge is 0.163 e. The van der Waals surface area contributed by atoms with Crippen LogP contribution in [-0.4, -0.2) is 22.0 Å². The molecular weight excluding hydrogens is 346 g/mol. The Morgan fingerprint density at radius 3 is 2.56 bits per heavy atom. The first kappa shape index (κ1) is 17.0. The van der Waals surface area contributed by atoms with Crippen molar-refractivity contribution in [3.05, 3.63) is 72.1 Å². The van der Waals surface area contributed by atoms with Crippen LogP contribution in [0.5, 0.6) is 0 Å². The fourth-order valence-electron chi connectivity index (χ4n) is 3.03. The van der Waals surface area contributed by atoms with Gasteiger partial charge < -0.3 is 5.32 Å². The Bertz CT molecular complexity index is 1140. The standard InChI is InChI=1S/C21H16F2N4/c1-12-5-3-7-15(18(12)23)14-9-16-19(17(22)10-14)26-20(27-21(16)24-2)13-6-4-8-25-11-13/h3-11H,1-2H3,(H,24,26,27). The van der Waals surface area contributed by atoms with E-state index in [4.69, 9.17) is 0 Å². The maximum atomic E-state index is 14.9. The van der Waals surface area contributed by atoms with Gasteiger partial charge in [0, 0.05) is 36.0 Å². The molecular formula is C21H16F2N4. The minimum absolute atomic E-state index is 0.171. The molecule has 0 amide bonds. The maximum absolute atomic E-state index is 14.9. The van der Waals surface area contributed by atoms with Gasteiger partial charge in [-0.2, -0.15) is 0 Å². The summed E-state index contributed by atoms with van der Waals surface area (Å²) in [6.45, 7) is 1.68. The summed E-state index contributed by atoms with van der Waals surface area (Å²) in [5.74, 6) is -0.0661. The fraction of sp³-hybridized carbons (Fsp3) is 0.0952. The van der Waals surface area contributed by atoms with E-state index in [9.17, 15) is 8.78 Å². The van der Waals surface area contributed by atoms with Gasteiger partial charge in [0.1, 0.15) is 23.0 Å². The molecule has 0 aliphatic rings. The SMILES string of the molecule is CNc1nc(-c2cccnc2)nc2c(F)cc(-c3cccc(C)c3F)cc12. The van der Waals surface area contributed by atoms with E-state index < -0.39 is 5.82 Å². The van der Waals surface area contributed by atoms with E-state index in [1.54, 1.807) is 56.7 Å². The molecule has 0 fully saturated rings. The number of fused-ring (bicyclic) bond motifs is 1. The monoisotopic (exact) mass is 362 g/mol. The van der Waals surface area contributed by atoms with Gasteiger partial charge in [0.15, 0.2) is 5.82 Å². The summed E-state index contributed by atoms with van der Waals surface area (Å²) in [5.41, 5.74) is 2.14. The highest BCUT2D eigenvalue weighted by Gasteiger charge is 2.16. The molecule has 0 aliphatic carbocycles. The lowest BCUT2D eigenvalue weighted by Gasteiger charge is -2.12. The molecule has 0 radical (unpaired) electrons. The number of aromatic nitrogens is 3. The number of aryl methyl sites for hydroxylation is 1. The zero-order chi connectivity index (χ0) is 19.0. The molecule has 0 spiro atoms. The zero-order valence-electron chi connectivity index (χ0n) is 14.8. The molecule has 0 bridgehead atoms. The molecule has 134 valence electrons. The van der Waals surface area contributed by atoms with E-state index in [1.165, 1.54) is 6.07 Å².